The summed E-state index contributed by atoms with van der Waals surface area (Å²) in [6.07, 6.45) is 13.4. The molecule has 0 spiro atoms. The van der Waals surface area contributed by atoms with Crippen LogP contribution in [0.15, 0.2) is 52.6 Å². The lowest BCUT2D eigenvalue weighted by Crippen LogP contribution is -2.45. The van der Waals surface area contributed by atoms with Gasteiger partial charge in [0.25, 0.3) is 0 Å². The molecule has 0 bridgehead atoms. The summed E-state index contributed by atoms with van der Waals surface area (Å²) in [7, 11) is 0. The Bertz CT molecular complexity index is 1360. The standard InChI is InChI=1S/C30H36N4O5/c1-30(2,3)39-29(37)34-17-7-12-24(34)27(36)32-22-15-16-25-23(18-22)33-28(38-25)20-10-6-11-21(14-13-20)31-26(35)19-8-4-5-9-19/h10-11,13-16,18-19,24H,4-9,12,17H2,1-3H3,(H,31,35)(H,32,36). The topological polar surface area (TPSA) is 114 Å². The number of hydrogen-bond acceptors (Lipinski definition) is 6. The number of benzene rings is 1. The van der Waals surface area contributed by atoms with Crippen molar-refractivity contribution in [2.24, 2.45) is 5.92 Å². The van der Waals surface area contributed by atoms with Crippen LogP contribution < -0.4 is 10.6 Å². The Morgan fingerprint density at radius 1 is 1.00 bits per heavy atom. The second-order valence-corrected chi connectivity index (χ2v) is 11.4. The number of aromatic nitrogens is 1. The first-order chi connectivity index (χ1) is 18.7. The SMILES string of the molecule is CC(C)(C)OC(=O)N1CCCC1C(=O)Nc1ccc2oc(C3=CCC=C(NC(=O)C4CCCC4)C=C3)nc2c1. The first kappa shape index (κ1) is 26.7. The number of ether oxygens (including phenoxy) is 1. The van der Waals surface area contributed by atoms with E-state index >= 15 is 0 Å². The number of rotatable bonds is 5. The lowest BCUT2D eigenvalue weighted by atomic mass is 10.1. The van der Waals surface area contributed by atoms with Crippen molar-refractivity contribution in [1.29, 1.82) is 0 Å². The lowest BCUT2D eigenvalue weighted by Gasteiger charge is -2.28. The Kier molecular flexibility index (Phi) is 7.59. The van der Waals surface area contributed by atoms with Gasteiger partial charge in [0, 0.05) is 29.4 Å². The van der Waals surface area contributed by atoms with E-state index in [1.807, 2.05) is 45.1 Å². The fraction of sp³-hybridized carbons (Fsp3) is 0.467. The van der Waals surface area contributed by atoms with Gasteiger partial charge in [-0.25, -0.2) is 9.78 Å². The summed E-state index contributed by atoms with van der Waals surface area (Å²) in [5.74, 6) is 0.411. The van der Waals surface area contributed by atoms with Gasteiger partial charge in [0.15, 0.2) is 5.58 Å². The van der Waals surface area contributed by atoms with Gasteiger partial charge >= 0.3 is 6.09 Å². The molecule has 2 fully saturated rings. The fourth-order valence-corrected chi connectivity index (χ4v) is 5.24. The number of amides is 3. The summed E-state index contributed by atoms with van der Waals surface area (Å²) in [6, 6.07) is 4.71. The molecule has 1 aromatic carbocycles. The predicted octanol–water partition coefficient (Wildman–Crippen LogP) is 5.70. The number of fused-ring (bicyclic) bond motifs is 1. The van der Waals surface area contributed by atoms with Crippen molar-refractivity contribution in [2.45, 2.75) is 77.4 Å². The van der Waals surface area contributed by atoms with Gasteiger partial charge < -0.3 is 19.8 Å². The first-order valence-electron chi connectivity index (χ1n) is 13.8. The molecule has 1 atom stereocenters. The number of likely N-dealkylation sites (tertiary alicyclic amines) is 1. The number of nitrogens with one attached hydrogen (secondary N) is 2. The van der Waals surface area contributed by atoms with Gasteiger partial charge in [0.2, 0.25) is 17.7 Å². The van der Waals surface area contributed by atoms with Gasteiger partial charge in [-0.3, -0.25) is 14.5 Å². The van der Waals surface area contributed by atoms with E-state index in [4.69, 9.17) is 9.15 Å². The van der Waals surface area contributed by atoms with Gasteiger partial charge in [-0.05, 0) is 83.2 Å². The van der Waals surface area contributed by atoms with Crippen molar-refractivity contribution in [2.75, 3.05) is 11.9 Å². The number of nitrogens with zero attached hydrogens (tertiary/aromatic N) is 2. The van der Waals surface area contributed by atoms with Crippen LogP contribution in [0, 0.1) is 5.92 Å². The highest BCUT2D eigenvalue weighted by molar-refractivity contribution is 5.98. The minimum Gasteiger partial charge on any atom is -0.444 e. The molecule has 206 valence electrons. The van der Waals surface area contributed by atoms with E-state index in [1.165, 1.54) is 4.90 Å². The molecule has 1 saturated heterocycles. The van der Waals surface area contributed by atoms with Crippen LogP contribution in [0.25, 0.3) is 16.7 Å². The minimum atomic E-state index is -0.626. The van der Waals surface area contributed by atoms with Crippen LogP contribution in [0.4, 0.5) is 10.5 Å². The Hall–Kier alpha value is -3.88. The van der Waals surface area contributed by atoms with Crippen molar-refractivity contribution < 1.29 is 23.5 Å². The average molecular weight is 533 g/mol. The monoisotopic (exact) mass is 532 g/mol. The smallest absolute Gasteiger partial charge is 0.410 e. The molecule has 1 aliphatic heterocycles. The van der Waals surface area contributed by atoms with Crippen LogP contribution in [0.2, 0.25) is 0 Å². The van der Waals surface area contributed by atoms with Crippen LogP contribution in [0.1, 0.15) is 71.6 Å². The largest absolute Gasteiger partial charge is 0.444 e. The number of carbonyl (C=O) groups excluding carboxylic acids is 3. The summed E-state index contributed by atoms with van der Waals surface area (Å²) < 4.78 is 11.5. The third kappa shape index (κ3) is 6.41. The molecular weight excluding hydrogens is 496 g/mol. The van der Waals surface area contributed by atoms with Crippen LogP contribution >= 0.6 is 0 Å². The zero-order valence-corrected chi connectivity index (χ0v) is 22.8. The summed E-state index contributed by atoms with van der Waals surface area (Å²) in [5, 5.41) is 5.97. The predicted molar refractivity (Wildman–Crippen MR) is 149 cm³/mol. The molecule has 3 amide bonds. The second kappa shape index (κ2) is 11.1. The van der Waals surface area contributed by atoms with Crippen molar-refractivity contribution in [3.05, 3.63) is 54.1 Å². The van der Waals surface area contributed by atoms with Crippen molar-refractivity contribution in [3.8, 4) is 0 Å². The van der Waals surface area contributed by atoms with Gasteiger partial charge in [-0.15, -0.1) is 0 Å². The number of carbonyl (C=O) groups is 3. The summed E-state index contributed by atoms with van der Waals surface area (Å²) >= 11 is 0. The highest BCUT2D eigenvalue weighted by Crippen LogP contribution is 2.28. The van der Waals surface area contributed by atoms with Crippen molar-refractivity contribution in [3.63, 3.8) is 0 Å². The van der Waals surface area contributed by atoms with E-state index in [-0.39, 0.29) is 17.7 Å². The lowest BCUT2D eigenvalue weighted by molar-refractivity contribution is -0.124. The molecular formula is C30H36N4O5. The van der Waals surface area contributed by atoms with Crippen LogP contribution in [-0.4, -0.2) is 46.0 Å². The fourth-order valence-electron chi connectivity index (χ4n) is 5.24. The maximum absolute atomic E-state index is 13.1. The maximum Gasteiger partial charge on any atom is 0.410 e. The molecule has 3 aliphatic rings. The zero-order chi connectivity index (χ0) is 27.6. The average Bonchev–Trinajstić information content (AvgIpc) is 3.62. The van der Waals surface area contributed by atoms with E-state index in [9.17, 15) is 14.4 Å². The quantitative estimate of drug-likeness (QED) is 0.511. The van der Waals surface area contributed by atoms with Crippen molar-refractivity contribution in [1.82, 2.24) is 15.2 Å². The van der Waals surface area contributed by atoms with E-state index < -0.39 is 17.7 Å². The third-order valence-corrected chi connectivity index (χ3v) is 7.20. The molecule has 2 aliphatic carbocycles. The van der Waals surface area contributed by atoms with Gasteiger partial charge in [-0.2, -0.15) is 0 Å². The molecule has 5 rings (SSSR count). The Morgan fingerprint density at radius 3 is 2.56 bits per heavy atom. The van der Waals surface area contributed by atoms with Crippen LogP contribution in [-0.2, 0) is 14.3 Å². The highest BCUT2D eigenvalue weighted by atomic mass is 16.6. The molecule has 1 unspecified atom stereocenters. The highest BCUT2D eigenvalue weighted by Gasteiger charge is 2.36. The molecule has 2 N–H and O–H groups in total. The third-order valence-electron chi connectivity index (χ3n) is 7.20. The maximum atomic E-state index is 13.1. The van der Waals surface area contributed by atoms with E-state index in [0.717, 1.165) is 43.4 Å². The Labute approximate surface area is 228 Å². The first-order valence-corrected chi connectivity index (χ1v) is 13.8. The normalized spacial score (nSPS) is 20.0. The molecule has 1 aromatic heterocycles. The van der Waals surface area contributed by atoms with E-state index in [0.29, 0.717) is 42.1 Å². The number of hydrogen-bond donors (Lipinski definition) is 2. The number of allylic oxidation sites excluding steroid dienone is 5. The summed E-state index contributed by atoms with van der Waals surface area (Å²) in [5.41, 5.74) is 2.76. The molecule has 0 radical (unpaired) electrons. The van der Waals surface area contributed by atoms with Gasteiger partial charge in [-0.1, -0.05) is 25.0 Å². The van der Waals surface area contributed by atoms with Crippen LogP contribution in [0.3, 0.4) is 0 Å². The van der Waals surface area contributed by atoms with E-state index in [2.05, 4.69) is 15.6 Å². The Balaban J connectivity index is 1.23. The van der Waals surface area contributed by atoms with Crippen molar-refractivity contribution >= 4 is 40.3 Å². The molecule has 2 heterocycles. The molecule has 2 aromatic rings. The van der Waals surface area contributed by atoms with Gasteiger partial charge in [0.05, 0.1) is 0 Å². The molecule has 9 nitrogen and oxygen atoms in total. The molecule has 1 saturated carbocycles. The zero-order valence-electron chi connectivity index (χ0n) is 22.8. The molecule has 9 heteroatoms. The second-order valence-electron chi connectivity index (χ2n) is 11.4. The van der Waals surface area contributed by atoms with E-state index in [1.54, 1.807) is 18.2 Å². The number of oxazole rings is 1. The number of anilines is 1. The summed E-state index contributed by atoms with van der Waals surface area (Å²) in [4.78, 5) is 44.3. The summed E-state index contributed by atoms with van der Waals surface area (Å²) in [6.45, 7) is 5.91. The Morgan fingerprint density at radius 2 is 1.79 bits per heavy atom. The minimum absolute atomic E-state index is 0.0927. The van der Waals surface area contributed by atoms with Gasteiger partial charge in [0.1, 0.15) is 17.2 Å². The van der Waals surface area contributed by atoms with Crippen LogP contribution in [0.5, 0.6) is 0 Å². The molecule has 39 heavy (non-hydrogen) atoms.